The fourth-order valence-corrected chi connectivity index (χ4v) is 3.84. The van der Waals surface area contributed by atoms with Crippen LogP contribution in [0.3, 0.4) is 0 Å². The number of rotatable bonds is 10. The number of thioether (sulfide) groups is 3. The minimum Gasteiger partial charge on any atom is -0.384 e. The van der Waals surface area contributed by atoms with Crippen LogP contribution >= 0.6 is 35.3 Å². The fourth-order valence-electron chi connectivity index (χ4n) is 1.72. The van der Waals surface area contributed by atoms with Gasteiger partial charge in [-0.25, -0.2) is 0 Å². The topological polar surface area (TPSA) is 12.0 Å². The normalized spacial score (nSPS) is 10.7. The molecular weight excluding hydrogens is 290 g/mol. The first-order chi connectivity index (χ1) is 9.27. The number of hydrogen-bond acceptors (Lipinski definition) is 4. The van der Waals surface area contributed by atoms with Gasteiger partial charge in [0.1, 0.15) is 0 Å². The van der Waals surface area contributed by atoms with Gasteiger partial charge in [-0.2, -0.15) is 23.5 Å². The van der Waals surface area contributed by atoms with Crippen LogP contribution in [0.2, 0.25) is 0 Å². The van der Waals surface area contributed by atoms with Crippen LogP contribution in [0.1, 0.15) is 18.4 Å². The minimum absolute atomic E-state index is 1.07. The molecule has 0 radical (unpaired) electrons. The standard InChI is InChI=1S/C15H25NS3/c1-13-6-7-14(16-8-4-9-17-2)15(12-13)19-11-5-10-18-3/h6-7,12,16H,4-5,8-11H2,1-3H3. The van der Waals surface area contributed by atoms with Crippen LogP contribution in [0.15, 0.2) is 23.1 Å². The molecule has 0 heterocycles. The molecule has 0 aliphatic carbocycles. The highest BCUT2D eigenvalue weighted by Crippen LogP contribution is 2.29. The van der Waals surface area contributed by atoms with Crippen molar-refractivity contribution in [3.8, 4) is 0 Å². The number of anilines is 1. The van der Waals surface area contributed by atoms with Crippen molar-refractivity contribution in [2.45, 2.75) is 24.7 Å². The van der Waals surface area contributed by atoms with Gasteiger partial charge in [-0.1, -0.05) is 6.07 Å². The Labute approximate surface area is 131 Å². The molecule has 19 heavy (non-hydrogen) atoms. The highest BCUT2D eigenvalue weighted by molar-refractivity contribution is 8.00. The Hall–Kier alpha value is 0.0700. The van der Waals surface area contributed by atoms with E-state index < -0.39 is 0 Å². The molecule has 0 aliphatic heterocycles. The van der Waals surface area contributed by atoms with Gasteiger partial charge in [0.2, 0.25) is 0 Å². The number of hydrogen-bond donors (Lipinski definition) is 1. The second-order valence-electron chi connectivity index (χ2n) is 4.47. The van der Waals surface area contributed by atoms with Crippen LogP contribution in [0.4, 0.5) is 5.69 Å². The van der Waals surface area contributed by atoms with E-state index >= 15 is 0 Å². The van der Waals surface area contributed by atoms with Gasteiger partial charge in [-0.15, -0.1) is 11.8 Å². The molecule has 0 fully saturated rings. The Morgan fingerprint density at radius 3 is 2.47 bits per heavy atom. The third-order valence-corrected chi connectivity index (χ3v) is 5.26. The molecule has 0 saturated carbocycles. The predicted octanol–water partition coefficient (Wildman–Crippen LogP) is 5.01. The molecule has 1 N–H and O–H groups in total. The lowest BCUT2D eigenvalue weighted by Crippen LogP contribution is -2.04. The summed E-state index contributed by atoms with van der Waals surface area (Å²) in [6.07, 6.45) is 6.85. The van der Waals surface area contributed by atoms with Crippen LogP contribution in [0.5, 0.6) is 0 Å². The molecule has 0 atom stereocenters. The van der Waals surface area contributed by atoms with Crippen molar-refractivity contribution in [3.05, 3.63) is 23.8 Å². The number of nitrogens with one attached hydrogen (secondary N) is 1. The van der Waals surface area contributed by atoms with Crippen molar-refractivity contribution in [2.24, 2.45) is 0 Å². The predicted molar refractivity (Wildman–Crippen MR) is 96.4 cm³/mol. The van der Waals surface area contributed by atoms with Crippen LogP contribution in [-0.4, -0.2) is 36.3 Å². The summed E-state index contributed by atoms with van der Waals surface area (Å²) in [5, 5.41) is 3.58. The quantitative estimate of drug-likeness (QED) is 0.481. The van der Waals surface area contributed by atoms with E-state index in [9.17, 15) is 0 Å². The Balaban J connectivity index is 2.48. The summed E-state index contributed by atoms with van der Waals surface area (Å²) >= 11 is 5.83. The molecular formula is C15H25NS3. The fraction of sp³-hybridized carbons (Fsp3) is 0.600. The van der Waals surface area contributed by atoms with E-state index in [-0.39, 0.29) is 0 Å². The van der Waals surface area contributed by atoms with Gasteiger partial charge in [0.15, 0.2) is 0 Å². The monoisotopic (exact) mass is 315 g/mol. The molecule has 1 aromatic carbocycles. The molecule has 1 rings (SSSR count). The van der Waals surface area contributed by atoms with E-state index in [0.717, 1.165) is 6.54 Å². The Morgan fingerprint density at radius 1 is 1.00 bits per heavy atom. The maximum atomic E-state index is 3.58. The van der Waals surface area contributed by atoms with Gasteiger partial charge >= 0.3 is 0 Å². The Bertz CT molecular complexity index is 355. The molecule has 0 aliphatic rings. The van der Waals surface area contributed by atoms with E-state index in [1.165, 1.54) is 46.2 Å². The maximum absolute atomic E-state index is 3.58. The van der Waals surface area contributed by atoms with Crippen molar-refractivity contribution >= 4 is 41.0 Å². The van der Waals surface area contributed by atoms with Crippen LogP contribution in [-0.2, 0) is 0 Å². The van der Waals surface area contributed by atoms with E-state index in [1.807, 2.05) is 35.3 Å². The lowest BCUT2D eigenvalue weighted by Gasteiger charge is -2.12. The van der Waals surface area contributed by atoms with Crippen molar-refractivity contribution in [3.63, 3.8) is 0 Å². The molecule has 4 heteroatoms. The summed E-state index contributed by atoms with van der Waals surface area (Å²) in [4.78, 5) is 1.41. The lowest BCUT2D eigenvalue weighted by atomic mass is 10.2. The maximum Gasteiger partial charge on any atom is 0.0478 e. The van der Waals surface area contributed by atoms with Crippen LogP contribution < -0.4 is 5.32 Å². The van der Waals surface area contributed by atoms with Crippen molar-refractivity contribution in [1.29, 1.82) is 0 Å². The molecule has 0 spiro atoms. The number of aryl methyl sites for hydroxylation is 1. The molecule has 0 aromatic heterocycles. The number of benzene rings is 1. The molecule has 108 valence electrons. The summed E-state index contributed by atoms with van der Waals surface area (Å²) in [6.45, 7) is 3.24. The van der Waals surface area contributed by atoms with Gasteiger partial charge < -0.3 is 5.32 Å². The minimum atomic E-state index is 1.07. The summed E-state index contributed by atoms with van der Waals surface area (Å²) in [5.74, 6) is 3.70. The smallest absolute Gasteiger partial charge is 0.0478 e. The second kappa shape index (κ2) is 10.8. The van der Waals surface area contributed by atoms with E-state index in [4.69, 9.17) is 0 Å². The first-order valence-electron chi connectivity index (χ1n) is 6.73. The molecule has 1 nitrogen and oxygen atoms in total. The SMILES string of the molecule is CSCCCNc1ccc(C)cc1SCCCSC. The molecule has 0 unspecified atom stereocenters. The van der Waals surface area contributed by atoms with Crippen molar-refractivity contribution in [2.75, 3.05) is 41.6 Å². The van der Waals surface area contributed by atoms with Crippen molar-refractivity contribution in [1.82, 2.24) is 0 Å². The summed E-state index contributed by atoms with van der Waals surface area (Å²) in [6, 6.07) is 6.73. The Kier molecular flexibility index (Phi) is 9.74. The highest BCUT2D eigenvalue weighted by Gasteiger charge is 2.03. The molecule has 0 amide bonds. The van der Waals surface area contributed by atoms with Crippen LogP contribution in [0.25, 0.3) is 0 Å². The Morgan fingerprint density at radius 2 is 1.74 bits per heavy atom. The van der Waals surface area contributed by atoms with E-state index in [2.05, 4.69) is 43.0 Å². The lowest BCUT2D eigenvalue weighted by molar-refractivity contribution is 0.987. The summed E-state index contributed by atoms with van der Waals surface area (Å²) in [7, 11) is 0. The third kappa shape index (κ3) is 7.42. The zero-order valence-corrected chi connectivity index (χ0v) is 14.6. The van der Waals surface area contributed by atoms with E-state index in [1.54, 1.807) is 0 Å². The van der Waals surface area contributed by atoms with Crippen molar-refractivity contribution < 1.29 is 0 Å². The second-order valence-corrected chi connectivity index (χ2v) is 7.58. The largest absolute Gasteiger partial charge is 0.384 e. The average molecular weight is 316 g/mol. The van der Waals surface area contributed by atoms with Gasteiger partial charge in [-0.05, 0) is 67.2 Å². The zero-order valence-electron chi connectivity index (χ0n) is 12.2. The van der Waals surface area contributed by atoms with Gasteiger partial charge in [-0.3, -0.25) is 0 Å². The summed E-state index contributed by atoms with van der Waals surface area (Å²) < 4.78 is 0. The van der Waals surface area contributed by atoms with Gasteiger partial charge in [0.25, 0.3) is 0 Å². The third-order valence-electron chi connectivity index (χ3n) is 2.73. The molecule has 0 bridgehead atoms. The van der Waals surface area contributed by atoms with Gasteiger partial charge in [0, 0.05) is 17.1 Å². The van der Waals surface area contributed by atoms with Crippen LogP contribution in [0, 0.1) is 6.92 Å². The van der Waals surface area contributed by atoms with Gasteiger partial charge in [0.05, 0.1) is 0 Å². The molecule has 1 aromatic rings. The first-order valence-corrected chi connectivity index (χ1v) is 10.5. The first kappa shape index (κ1) is 17.1. The highest BCUT2D eigenvalue weighted by atomic mass is 32.2. The van der Waals surface area contributed by atoms with E-state index in [0.29, 0.717) is 0 Å². The molecule has 0 saturated heterocycles. The average Bonchev–Trinajstić information content (AvgIpc) is 2.41. The zero-order chi connectivity index (χ0) is 13.9. The summed E-state index contributed by atoms with van der Waals surface area (Å²) in [5.41, 5.74) is 2.66.